The van der Waals surface area contributed by atoms with E-state index in [1.807, 2.05) is 13.8 Å². The summed E-state index contributed by atoms with van der Waals surface area (Å²) in [5.41, 5.74) is 5.18. The first-order chi connectivity index (χ1) is 11.0. The molecular weight excluding hydrogens is 285 g/mol. The molecule has 0 radical (unpaired) electrons. The lowest BCUT2D eigenvalue weighted by molar-refractivity contribution is -0.533. The Bertz CT molecular complexity index is 799. The molecular formula is C21H25FN+. The molecule has 2 aliphatic heterocycles. The number of rotatable bonds is 2. The highest BCUT2D eigenvalue weighted by molar-refractivity contribution is 5.76. The van der Waals surface area contributed by atoms with Gasteiger partial charge in [0.15, 0.2) is 5.54 Å². The molecule has 0 fully saturated rings. The Hall–Kier alpha value is -1.70. The average Bonchev–Trinajstić information content (AvgIpc) is 2.54. The van der Waals surface area contributed by atoms with Crippen molar-refractivity contribution in [2.75, 3.05) is 0 Å². The summed E-state index contributed by atoms with van der Waals surface area (Å²) in [6.45, 7) is 8.38. The summed E-state index contributed by atoms with van der Waals surface area (Å²) < 4.78 is 17.2. The van der Waals surface area contributed by atoms with Crippen molar-refractivity contribution in [3.63, 3.8) is 0 Å². The maximum Gasteiger partial charge on any atom is 0.209 e. The van der Waals surface area contributed by atoms with Crippen LogP contribution >= 0.6 is 0 Å². The van der Waals surface area contributed by atoms with Crippen molar-refractivity contribution in [1.29, 1.82) is 0 Å². The Balaban J connectivity index is 2.10. The minimum Gasteiger partial charge on any atom is -0.206 e. The van der Waals surface area contributed by atoms with E-state index in [2.05, 4.69) is 48.9 Å². The Morgan fingerprint density at radius 1 is 1.22 bits per heavy atom. The van der Waals surface area contributed by atoms with Gasteiger partial charge in [0.1, 0.15) is 12.0 Å². The second-order valence-corrected chi connectivity index (χ2v) is 7.48. The van der Waals surface area contributed by atoms with Gasteiger partial charge in [0.25, 0.3) is 0 Å². The number of hydrogen-bond donors (Lipinski definition) is 0. The van der Waals surface area contributed by atoms with E-state index in [1.165, 1.54) is 16.8 Å². The highest BCUT2D eigenvalue weighted by atomic mass is 19.1. The second-order valence-electron chi connectivity index (χ2n) is 7.48. The van der Waals surface area contributed by atoms with Crippen molar-refractivity contribution < 1.29 is 8.97 Å². The number of nitrogens with zero attached hydrogens (tertiary/aromatic N) is 1. The van der Waals surface area contributed by atoms with Gasteiger partial charge in [-0.05, 0) is 68.5 Å². The van der Waals surface area contributed by atoms with Gasteiger partial charge in [-0.2, -0.15) is 4.58 Å². The third kappa shape index (κ3) is 1.59. The third-order valence-corrected chi connectivity index (χ3v) is 6.20. The summed E-state index contributed by atoms with van der Waals surface area (Å²) >= 11 is 0. The van der Waals surface area contributed by atoms with Crippen molar-refractivity contribution in [1.82, 2.24) is 0 Å². The lowest BCUT2D eigenvalue weighted by Gasteiger charge is -2.53. The van der Waals surface area contributed by atoms with E-state index in [4.69, 9.17) is 0 Å². The molecule has 4 rings (SSSR count). The highest BCUT2D eigenvalue weighted by Crippen LogP contribution is 2.58. The zero-order chi connectivity index (χ0) is 16.4. The first-order valence-corrected chi connectivity index (χ1v) is 8.80. The van der Waals surface area contributed by atoms with Gasteiger partial charge >= 0.3 is 0 Å². The molecule has 23 heavy (non-hydrogen) atoms. The predicted molar refractivity (Wildman–Crippen MR) is 93.5 cm³/mol. The minimum atomic E-state index is -0.109. The van der Waals surface area contributed by atoms with Gasteiger partial charge in [-0.3, -0.25) is 0 Å². The SMILES string of the molecule is CCCC12C=CC1(C)c1c(cc(C)c(F)c1C)C1=CCCC=[N+]12. The predicted octanol–water partition coefficient (Wildman–Crippen LogP) is 5.04. The normalized spacial score (nSPS) is 30.7. The van der Waals surface area contributed by atoms with E-state index in [9.17, 15) is 4.39 Å². The quantitative estimate of drug-likeness (QED) is 0.532. The van der Waals surface area contributed by atoms with Gasteiger partial charge < -0.3 is 0 Å². The number of hydrogen-bond acceptors (Lipinski definition) is 0. The van der Waals surface area contributed by atoms with Gasteiger partial charge in [0.05, 0.1) is 11.0 Å². The molecule has 0 saturated heterocycles. The molecule has 1 nitrogen and oxygen atoms in total. The first kappa shape index (κ1) is 14.9. The lowest BCUT2D eigenvalue weighted by atomic mass is 9.52. The molecule has 0 spiro atoms. The van der Waals surface area contributed by atoms with Gasteiger partial charge in [-0.25, -0.2) is 4.39 Å². The van der Waals surface area contributed by atoms with Crippen molar-refractivity contribution >= 4 is 11.9 Å². The molecule has 0 amide bonds. The molecule has 2 heterocycles. The van der Waals surface area contributed by atoms with Crippen molar-refractivity contribution in [2.24, 2.45) is 0 Å². The maximum atomic E-state index is 14.7. The molecule has 1 aliphatic carbocycles. The largest absolute Gasteiger partial charge is 0.209 e. The highest BCUT2D eigenvalue weighted by Gasteiger charge is 2.65. The zero-order valence-corrected chi connectivity index (χ0v) is 14.5. The smallest absolute Gasteiger partial charge is 0.206 e. The van der Waals surface area contributed by atoms with Crippen LogP contribution in [-0.4, -0.2) is 16.3 Å². The molecule has 3 aliphatic rings. The second kappa shape index (κ2) is 4.66. The van der Waals surface area contributed by atoms with Gasteiger partial charge in [-0.15, -0.1) is 0 Å². The van der Waals surface area contributed by atoms with E-state index in [1.54, 1.807) is 0 Å². The summed E-state index contributed by atoms with van der Waals surface area (Å²) in [5, 5.41) is 0. The summed E-state index contributed by atoms with van der Waals surface area (Å²) in [4.78, 5) is 0. The van der Waals surface area contributed by atoms with Crippen LogP contribution in [0.3, 0.4) is 0 Å². The van der Waals surface area contributed by atoms with Crippen LogP contribution in [0.1, 0.15) is 61.8 Å². The van der Waals surface area contributed by atoms with E-state index in [-0.39, 0.29) is 16.8 Å². The summed E-state index contributed by atoms with van der Waals surface area (Å²) in [6, 6.07) is 2.06. The van der Waals surface area contributed by atoms with E-state index in [0.717, 1.165) is 36.8 Å². The summed E-state index contributed by atoms with van der Waals surface area (Å²) in [7, 11) is 0. The fourth-order valence-electron chi connectivity index (χ4n) is 5.07. The number of halogens is 1. The zero-order valence-electron chi connectivity index (χ0n) is 14.5. The van der Waals surface area contributed by atoms with E-state index < -0.39 is 0 Å². The Morgan fingerprint density at radius 3 is 2.65 bits per heavy atom. The van der Waals surface area contributed by atoms with Crippen LogP contribution in [0.4, 0.5) is 4.39 Å². The van der Waals surface area contributed by atoms with Gasteiger partial charge in [-0.1, -0.05) is 13.0 Å². The fraction of sp³-hybridized carbons (Fsp3) is 0.476. The first-order valence-electron chi connectivity index (χ1n) is 8.80. The van der Waals surface area contributed by atoms with Crippen LogP contribution in [0.2, 0.25) is 0 Å². The van der Waals surface area contributed by atoms with Crippen molar-refractivity contribution in [3.8, 4) is 0 Å². The van der Waals surface area contributed by atoms with E-state index >= 15 is 0 Å². The summed E-state index contributed by atoms with van der Waals surface area (Å²) in [6.07, 6.45) is 13.7. The molecule has 2 atom stereocenters. The molecule has 2 heteroatoms. The Kier molecular flexibility index (Phi) is 3.01. The third-order valence-electron chi connectivity index (χ3n) is 6.20. The number of aryl methyl sites for hydroxylation is 1. The van der Waals surface area contributed by atoms with Crippen LogP contribution < -0.4 is 0 Å². The Labute approximate surface area is 138 Å². The van der Waals surface area contributed by atoms with Crippen molar-refractivity contribution in [3.05, 3.63) is 52.4 Å². The number of fused-ring (bicyclic) bond motifs is 6. The summed E-state index contributed by atoms with van der Waals surface area (Å²) in [5.74, 6) is -0.0375. The van der Waals surface area contributed by atoms with Gasteiger partial charge in [0.2, 0.25) is 5.70 Å². The minimum absolute atomic E-state index is 0.0204. The number of benzene rings is 1. The monoisotopic (exact) mass is 310 g/mol. The van der Waals surface area contributed by atoms with Crippen molar-refractivity contribution in [2.45, 2.75) is 64.3 Å². The molecule has 120 valence electrons. The number of allylic oxidation sites excluding steroid dienone is 1. The van der Waals surface area contributed by atoms with Crippen LogP contribution in [0.15, 0.2) is 24.3 Å². The van der Waals surface area contributed by atoms with Crippen LogP contribution in [0.5, 0.6) is 0 Å². The molecule has 1 aromatic rings. The van der Waals surface area contributed by atoms with Gasteiger partial charge in [0, 0.05) is 12.8 Å². The topological polar surface area (TPSA) is 3.01 Å². The maximum absolute atomic E-state index is 14.7. The van der Waals surface area contributed by atoms with Crippen LogP contribution in [0.25, 0.3) is 5.70 Å². The van der Waals surface area contributed by atoms with Crippen LogP contribution in [0, 0.1) is 19.7 Å². The molecule has 2 unspecified atom stereocenters. The fourth-order valence-corrected chi connectivity index (χ4v) is 5.07. The molecule has 0 saturated carbocycles. The molecule has 0 N–H and O–H groups in total. The standard InChI is InChI=1S/C21H25FN/c1-5-9-21-11-10-20(21,4)18-15(3)19(22)14(2)13-16(18)17-8-6-7-12-23(17)21/h8,10-13H,5-7,9H2,1-4H3/q+1. The Morgan fingerprint density at radius 2 is 2.00 bits per heavy atom. The molecule has 1 aromatic carbocycles. The van der Waals surface area contributed by atoms with E-state index in [0.29, 0.717) is 0 Å². The molecule has 0 aromatic heterocycles. The average molecular weight is 310 g/mol. The lowest BCUT2D eigenvalue weighted by Crippen LogP contribution is -2.63. The van der Waals surface area contributed by atoms with Crippen LogP contribution in [-0.2, 0) is 5.41 Å². The molecule has 0 bridgehead atoms.